The van der Waals surface area contributed by atoms with Crippen LogP contribution in [-0.2, 0) is 4.79 Å². The van der Waals surface area contributed by atoms with E-state index in [9.17, 15) is 9.90 Å². The summed E-state index contributed by atoms with van der Waals surface area (Å²) >= 11 is 0. The Bertz CT molecular complexity index is 244. The second kappa shape index (κ2) is 4.12. The molecule has 2 saturated carbocycles. The lowest BCUT2D eigenvalue weighted by Gasteiger charge is -2.29. The normalized spacial score (nSPS) is 34.5. The summed E-state index contributed by atoms with van der Waals surface area (Å²) in [5.74, 6) is 0.0352. The smallest absolute Gasteiger partial charge is 0.323 e. The van der Waals surface area contributed by atoms with Gasteiger partial charge in [0, 0.05) is 6.04 Å². The molecule has 2 aliphatic carbocycles. The fourth-order valence-corrected chi connectivity index (χ4v) is 2.63. The summed E-state index contributed by atoms with van der Waals surface area (Å²) in [4.78, 5) is 11.4. The van der Waals surface area contributed by atoms with E-state index in [1.165, 1.54) is 12.8 Å². The molecule has 0 saturated heterocycles. The summed E-state index contributed by atoms with van der Waals surface area (Å²) in [5, 5.41) is 12.8. The molecule has 2 atom stereocenters. The van der Waals surface area contributed by atoms with Crippen molar-refractivity contribution in [3.8, 4) is 0 Å². The van der Waals surface area contributed by atoms with Gasteiger partial charge in [0.15, 0.2) is 0 Å². The lowest BCUT2D eigenvalue weighted by atomic mass is 9.90. The molecule has 86 valence electrons. The quantitative estimate of drug-likeness (QED) is 0.703. The lowest BCUT2D eigenvalue weighted by Crippen LogP contribution is -2.53. The number of hydrogen-bond donors (Lipinski definition) is 2. The van der Waals surface area contributed by atoms with Crippen molar-refractivity contribution in [3.05, 3.63) is 0 Å². The van der Waals surface area contributed by atoms with Gasteiger partial charge in [-0.1, -0.05) is 32.6 Å². The van der Waals surface area contributed by atoms with Gasteiger partial charge in [-0.05, 0) is 25.2 Å². The maximum atomic E-state index is 11.4. The maximum absolute atomic E-state index is 11.4. The predicted octanol–water partition coefficient (Wildman–Crippen LogP) is 2.16. The minimum absolute atomic E-state index is 0.458. The van der Waals surface area contributed by atoms with E-state index in [1.54, 1.807) is 0 Å². The van der Waals surface area contributed by atoms with Gasteiger partial charge in [0.1, 0.15) is 5.54 Å². The van der Waals surface area contributed by atoms with Crippen molar-refractivity contribution in [1.29, 1.82) is 0 Å². The van der Waals surface area contributed by atoms with E-state index in [-0.39, 0.29) is 0 Å². The number of rotatable bonds is 3. The van der Waals surface area contributed by atoms with Crippen LogP contribution < -0.4 is 5.32 Å². The Morgan fingerprint density at radius 3 is 2.20 bits per heavy atom. The highest BCUT2D eigenvalue weighted by Crippen LogP contribution is 2.35. The molecule has 0 aliphatic heterocycles. The molecule has 2 unspecified atom stereocenters. The van der Waals surface area contributed by atoms with Gasteiger partial charge in [0.05, 0.1) is 0 Å². The van der Waals surface area contributed by atoms with Crippen LogP contribution in [-0.4, -0.2) is 22.7 Å². The highest BCUT2D eigenvalue weighted by Gasteiger charge is 2.45. The molecule has 2 fully saturated rings. The van der Waals surface area contributed by atoms with Crippen molar-refractivity contribution in [2.75, 3.05) is 0 Å². The van der Waals surface area contributed by atoms with Crippen LogP contribution in [0.5, 0.6) is 0 Å². The number of carbonyl (C=O) groups is 1. The van der Waals surface area contributed by atoms with Crippen LogP contribution in [0.4, 0.5) is 0 Å². The van der Waals surface area contributed by atoms with Crippen LogP contribution >= 0.6 is 0 Å². The monoisotopic (exact) mass is 211 g/mol. The van der Waals surface area contributed by atoms with Gasteiger partial charge in [0.25, 0.3) is 0 Å². The van der Waals surface area contributed by atoms with Crippen LogP contribution in [0.1, 0.15) is 51.9 Å². The third-order valence-corrected chi connectivity index (χ3v) is 3.94. The van der Waals surface area contributed by atoms with Gasteiger partial charge in [-0.3, -0.25) is 10.1 Å². The van der Waals surface area contributed by atoms with E-state index in [4.69, 9.17) is 0 Å². The first-order valence-electron chi connectivity index (χ1n) is 6.15. The lowest BCUT2D eigenvalue weighted by molar-refractivity contribution is -0.145. The van der Waals surface area contributed by atoms with Gasteiger partial charge in [0.2, 0.25) is 0 Å². The Labute approximate surface area is 91.2 Å². The average molecular weight is 211 g/mol. The first-order chi connectivity index (χ1) is 7.14. The molecule has 3 heteroatoms. The van der Waals surface area contributed by atoms with Crippen LogP contribution in [0.15, 0.2) is 0 Å². The van der Waals surface area contributed by atoms with E-state index in [1.807, 2.05) is 0 Å². The standard InChI is InChI=1S/C12H21NO2/c1-9-8-10(9)13-12(11(14)15)6-4-2-3-5-7-12/h9-10,13H,2-8H2,1H3,(H,14,15). The van der Waals surface area contributed by atoms with Gasteiger partial charge >= 0.3 is 5.97 Å². The molecule has 2 N–H and O–H groups in total. The minimum Gasteiger partial charge on any atom is -0.480 e. The molecular weight excluding hydrogens is 190 g/mol. The van der Waals surface area contributed by atoms with Crippen LogP contribution in [0.25, 0.3) is 0 Å². The second-order valence-corrected chi connectivity index (χ2v) is 5.27. The van der Waals surface area contributed by atoms with E-state index < -0.39 is 11.5 Å². The second-order valence-electron chi connectivity index (χ2n) is 5.27. The molecule has 3 nitrogen and oxygen atoms in total. The summed E-state index contributed by atoms with van der Waals surface area (Å²) in [7, 11) is 0. The summed E-state index contributed by atoms with van der Waals surface area (Å²) in [5.41, 5.74) is -0.605. The third-order valence-electron chi connectivity index (χ3n) is 3.94. The molecule has 0 heterocycles. The number of carboxylic acids is 1. The van der Waals surface area contributed by atoms with Gasteiger partial charge in [-0.2, -0.15) is 0 Å². The summed E-state index contributed by atoms with van der Waals surface area (Å²) in [6.07, 6.45) is 7.26. The average Bonchev–Trinajstić information content (AvgIpc) is 2.91. The molecule has 0 aromatic rings. The van der Waals surface area contributed by atoms with Gasteiger partial charge in [-0.15, -0.1) is 0 Å². The van der Waals surface area contributed by atoms with E-state index >= 15 is 0 Å². The maximum Gasteiger partial charge on any atom is 0.323 e. The Kier molecular flexibility index (Phi) is 3.01. The fourth-order valence-electron chi connectivity index (χ4n) is 2.63. The first kappa shape index (κ1) is 10.9. The Morgan fingerprint density at radius 1 is 1.27 bits per heavy atom. The van der Waals surface area contributed by atoms with E-state index in [0.29, 0.717) is 12.0 Å². The SMILES string of the molecule is CC1CC1NC1(C(=O)O)CCCCCC1. The zero-order chi connectivity index (χ0) is 10.9. The molecule has 0 amide bonds. The molecular formula is C12H21NO2. The molecule has 0 bridgehead atoms. The topological polar surface area (TPSA) is 49.3 Å². The fraction of sp³-hybridized carbons (Fsp3) is 0.917. The van der Waals surface area contributed by atoms with Gasteiger partial charge < -0.3 is 5.11 Å². The van der Waals surface area contributed by atoms with E-state index in [2.05, 4.69) is 12.2 Å². The van der Waals surface area contributed by atoms with Crippen molar-refractivity contribution in [2.24, 2.45) is 5.92 Å². The molecule has 0 spiro atoms. The van der Waals surface area contributed by atoms with Crippen LogP contribution in [0.3, 0.4) is 0 Å². The number of hydrogen-bond acceptors (Lipinski definition) is 2. The van der Waals surface area contributed by atoms with Crippen molar-refractivity contribution < 1.29 is 9.90 Å². The zero-order valence-electron chi connectivity index (χ0n) is 9.46. The molecule has 0 aromatic carbocycles. The number of carboxylic acid groups (broad SMARTS) is 1. The van der Waals surface area contributed by atoms with Crippen molar-refractivity contribution >= 4 is 5.97 Å². The predicted molar refractivity (Wildman–Crippen MR) is 58.8 cm³/mol. The van der Waals surface area contributed by atoms with E-state index in [0.717, 1.165) is 32.1 Å². The van der Waals surface area contributed by atoms with Gasteiger partial charge in [-0.25, -0.2) is 0 Å². The summed E-state index contributed by atoms with van der Waals surface area (Å²) < 4.78 is 0. The summed E-state index contributed by atoms with van der Waals surface area (Å²) in [6.45, 7) is 2.18. The van der Waals surface area contributed by atoms with Crippen molar-refractivity contribution in [2.45, 2.75) is 63.5 Å². The highest BCUT2D eigenvalue weighted by molar-refractivity contribution is 5.79. The van der Waals surface area contributed by atoms with Crippen molar-refractivity contribution in [3.63, 3.8) is 0 Å². The Morgan fingerprint density at radius 2 is 1.80 bits per heavy atom. The number of nitrogens with one attached hydrogen (secondary N) is 1. The zero-order valence-corrected chi connectivity index (χ0v) is 9.46. The third kappa shape index (κ3) is 2.33. The summed E-state index contributed by atoms with van der Waals surface area (Å²) in [6, 6.07) is 0.458. The first-order valence-corrected chi connectivity index (χ1v) is 6.15. The highest BCUT2D eigenvalue weighted by atomic mass is 16.4. The molecule has 2 aliphatic rings. The Hall–Kier alpha value is -0.570. The molecule has 0 radical (unpaired) electrons. The Balaban J connectivity index is 2.03. The molecule has 0 aromatic heterocycles. The van der Waals surface area contributed by atoms with Crippen molar-refractivity contribution in [1.82, 2.24) is 5.32 Å². The largest absolute Gasteiger partial charge is 0.480 e. The number of aliphatic carboxylic acids is 1. The molecule has 2 rings (SSSR count). The minimum atomic E-state index is -0.636. The van der Waals surface area contributed by atoms with Crippen LogP contribution in [0, 0.1) is 5.92 Å². The van der Waals surface area contributed by atoms with Crippen LogP contribution in [0.2, 0.25) is 0 Å². The molecule has 15 heavy (non-hydrogen) atoms.